The Balaban J connectivity index is 1.78. The van der Waals surface area contributed by atoms with Crippen molar-refractivity contribution in [3.05, 3.63) is 64.3 Å². The van der Waals surface area contributed by atoms with Gasteiger partial charge in [0.1, 0.15) is 23.7 Å². The molecule has 2 nitrogen and oxygen atoms in total. The minimum atomic E-state index is 0.354. The van der Waals surface area contributed by atoms with E-state index in [4.69, 9.17) is 32.4 Å². The predicted octanol–water partition coefficient (Wildman–Crippen LogP) is 5.32. The lowest BCUT2D eigenvalue weighted by molar-refractivity contribution is 0.274. The molecule has 0 fully saturated rings. The first-order valence-electron chi connectivity index (χ1n) is 5.77. The lowest BCUT2D eigenvalue weighted by Gasteiger charge is -2.03. The molecule has 1 aromatic heterocycles. The maximum absolute atomic E-state index is 5.93. The molecule has 0 unspecified atom stereocenters. The Morgan fingerprint density at radius 3 is 2.63 bits per heavy atom. The zero-order chi connectivity index (χ0) is 13.2. The maximum atomic E-state index is 5.93. The molecule has 3 aromatic rings. The van der Waals surface area contributed by atoms with Gasteiger partial charge in [0.25, 0.3) is 0 Å². The van der Waals surface area contributed by atoms with Gasteiger partial charge in [-0.2, -0.15) is 0 Å². The highest BCUT2D eigenvalue weighted by atomic mass is 35.5. The molecule has 0 saturated heterocycles. The largest absolute Gasteiger partial charge is 0.486 e. The SMILES string of the molecule is Clc1cccc(OCc2cc3cc(Cl)ccc3o2)c1. The van der Waals surface area contributed by atoms with Crippen LogP contribution in [0, 0.1) is 0 Å². The third-order valence-electron chi connectivity index (χ3n) is 2.71. The van der Waals surface area contributed by atoms with Crippen molar-refractivity contribution >= 4 is 34.2 Å². The fraction of sp³-hybridized carbons (Fsp3) is 0.0667. The minimum Gasteiger partial charge on any atom is -0.486 e. The molecular formula is C15H10Cl2O2. The van der Waals surface area contributed by atoms with Crippen molar-refractivity contribution in [1.29, 1.82) is 0 Å². The van der Waals surface area contributed by atoms with Crippen LogP contribution in [-0.2, 0) is 6.61 Å². The van der Waals surface area contributed by atoms with E-state index in [0.29, 0.717) is 22.4 Å². The Morgan fingerprint density at radius 1 is 0.947 bits per heavy atom. The molecule has 0 atom stereocenters. The van der Waals surface area contributed by atoms with Crippen LogP contribution in [0.25, 0.3) is 11.0 Å². The van der Waals surface area contributed by atoms with Crippen LogP contribution in [0.5, 0.6) is 5.75 Å². The molecule has 0 spiro atoms. The van der Waals surface area contributed by atoms with Gasteiger partial charge in [-0.1, -0.05) is 29.3 Å². The van der Waals surface area contributed by atoms with E-state index < -0.39 is 0 Å². The second-order valence-electron chi connectivity index (χ2n) is 4.14. The Morgan fingerprint density at radius 2 is 1.79 bits per heavy atom. The molecule has 1 heterocycles. The van der Waals surface area contributed by atoms with Crippen molar-refractivity contribution in [2.45, 2.75) is 6.61 Å². The van der Waals surface area contributed by atoms with Gasteiger partial charge in [0.15, 0.2) is 0 Å². The van der Waals surface area contributed by atoms with E-state index in [1.54, 1.807) is 18.2 Å². The summed E-state index contributed by atoms with van der Waals surface area (Å²) in [6.07, 6.45) is 0. The number of fused-ring (bicyclic) bond motifs is 1. The van der Waals surface area contributed by atoms with Crippen molar-refractivity contribution in [2.75, 3.05) is 0 Å². The Labute approximate surface area is 120 Å². The topological polar surface area (TPSA) is 22.4 Å². The average molecular weight is 293 g/mol. The molecule has 0 aliphatic rings. The van der Waals surface area contributed by atoms with Crippen LogP contribution in [0.1, 0.15) is 5.76 Å². The second kappa shape index (κ2) is 5.16. The van der Waals surface area contributed by atoms with Gasteiger partial charge >= 0.3 is 0 Å². The van der Waals surface area contributed by atoms with E-state index >= 15 is 0 Å². The summed E-state index contributed by atoms with van der Waals surface area (Å²) < 4.78 is 11.3. The molecule has 0 saturated carbocycles. The van der Waals surface area contributed by atoms with Gasteiger partial charge in [0.2, 0.25) is 0 Å². The standard InChI is InChI=1S/C15H10Cl2O2/c16-11-2-1-3-13(8-11)18-9-14-7-10-6-12(17)4-5-15(10)19-14/h1-8H,9H2. The summed E-state index contributed by atoms with van der Waals surface area (Å²) in [5.74, 6) is 1.46. The summed E-state index contributed by atoms with van der Waals surface area (Å²) in [4.78, 5) is 0. The predicted molar refractivity (Wildman–Crippen MR) is 77.0 cm³/mol. The van der Waals surface area contributed by atoms with Crippen LogP contribution in [0.2, 0.25) is 10.0 Å². The summed E-state index contributed by atoms with van der Waals surface area (Å²) in [5.41, 5.74) is 0.800. The monoisotopic (exact) mass is 292 g/mol. The normalized spacial score (nSPS) is 10.8. The highest BCUT2D eigenvalue weighted by Crippen LogP contribution is 2.24. The molecule has 4 heteroatoms. The Bertz CT molecular complexity index is 719. The third-order valence-corrected chi connectivity index (χ3v) is 3.18. The molecular weight excluding hydrogens is 283 g/mol. The van der Waals surface area contributed by atoms with Crippen LogP contribution in [-0.4, -0.2) is 0 Å². The van der Waals surface area contributed by atoms with Gasteiger partial charge in [-0.25, -0.2) is 0 Å². The van der Waals surface area contributed by atoms with Crippen molar-refractivity contribution in [2.24, 2.45) is 0 Å². The van der Waals surface area contributed by atoms with Crippen LogP contribution < -0.4 is 4.74 Å². The van der Waals surface area contributed by atoms with E-state index in [1.807, 2.05) is 30.3 Å². The second-order valence-corrected chi connectivity index (χ2v) is 5.01. The van der Waals surface area contributed by atoms with E-state index in [-0.39, 0.29) is 0 Å². The number of furan rings is 1. The summed E-state index contributed by atoms with van der Waals surface area (Å²) in [6.45, 7) is 0.354. The zero-order valence-electron chi connectivity index (χ0n) is 9.90. The summed E-state index contributed by atoms with van der Waals surface area (Å²) in [6, 6.07) is 14.7. The molecule has 3 rings (SSSR count). The first-order valence-corrected chi connectivity index (χ1v) is 6.53. The summed E-state index contributed by atoms with van der Waals surface area (Å²) in [7, 11) is 0. The van der Waals surface area contributed by atoms with E-state index in [9.17, 15) is 0 Å². The Hall–Kier alpha value is -1.64. The third kappa shape index (κ3) is 2.86. The first-order chi connectivity index (χ1) is 9.20. The van der Waals surface area contributed by atoms with Gasteiger partial charge in [0.05, 0.1) is 0 Å². The summed E-state index contributed by atoms with van der Waals surface area (Å²) >= 11 is 11.8. The molecule has 19 heavy (non-hydrogen) atoms. The van der Waals surface area contributed by atoms with Crippen molar-refractivity contribution < 1.29 is 9.15 Å². The Kier molecular flexibility index (Phi) is 3.36. The molecule has 0 bridgehead atoms. The fourth-order valence-electron chi connectivity index (χ4n) is 1.85. The molecule has 0 N–H and O–H groups in total. The van der Waals surface area contributed by atoms with E-state index in [1.165, 1.54) is 0 Å². The maximum Gasteiger partial charge on any atom is 0.146 e. The van der Waals surface area contributed by atoms with Crippen molar-refractivity contribution in [1.82, 2.24) is 0 Å². The van der Waals surface area contributed by atoms with Crippen LogP contribution in [0.4, 0.5) is 0 Å². The highest BCUT2D eigenvalue weighted by Gasteiger charge is 2.05. The zero-order valence-corrected chi connectivity index (χ0v) is 11.4. The number of rotatable bonds is 3. The van der Waals surface area contributed by atoms with E-state index in [2.05, 4.69) is 0 Å². The first kappa shape index (κ1) is 12.4. The highest BCUT2D eigenvalue weighted by molar-refractivity contribution is 6.31. The van der Waals surface area contributed by atoms with Gasteiger partial charge in [0, 0.05) is 15.4 Å². The molecule has 0 amide bonds. The number of ether oxygens (including phenoxy) is 1. The smallest absolute Gasteiger partial charge is 0.146 e. The van der Waals surface area contributed by atoms with Crippen molar-refractivity contribution in [3.63, 3.8) is 0 Å². The van der Waals surface area contributed by atoms with Gasteiger partial charge in [-0.15, -0.1) is 0 Å². The molecule has 0 aliphatic carbocycles. The van der Waals surface area contributed by atoms with E-state index in [0.717, 1.165) is 16.7 Å². The quantitative estimate of drug-likeness (QED) is 0.652. The number of hydrogen-bond donors (Lipinski definition) is 0. The van der Waals surface area contributed by atoms with Crippen LogP contribution in [0.3, 0.4) is 0 Å². The van der Waals surface area contributed by atoms with Crippen molar-refractivity contribution in [3.8, 4) is 5.75 Å². The lowest BCUT2D eigenvalue weighted by atomic mass is 10.2. The van der Waals surface area contributed by atoms with Crippen LogP contribution >= 0.6 is 23.2 Å². The lowest BCUT2D eigenvalue weighted by Crippen LogP contribution is -1.93. The molecule has 0 radical (unpaired) electrons. The number of benzene rings is 2. The minimum absolute atomic E-state index is 0.354. The summed E-state index contributed by atoms with van der Waals surface area (Å²) in [5, 5.41) is 2.31. The molecule has 96 valence electrons. The molecule has 0 aliphatic heterocycles. The fourth-order valence-corrected chi connectivity index (χ4v) is 2.21. The number of halogens is 2. The van der Waals surface area contributed by atoms with Gasteiger partial charge in [-0.05, 0) is 42.5 Å². The average Bonchev–Trinajstić information content (AvgIpc) is 2.78. The number of hydrogen-bond acceptors (Lipinski definition) is 2. The molecule has 2 aromatic carbocycles. The van der Waals surface area contributed by atoms with Gasteiger partial charge in [-0.3, -0.25) is 0 Å². The van der Waals surface area contributed by atoms with Gasteiger partial charge < -0.3 is 9.15 Å². The van der Waals surface area contributed by atoms with Crippen LogP contribution in [0.15, 0.2) is 52.9 Å².